The maximum absolute atomic E-state index is 10.6. The first-order valence-corrected chi connectivity index (χ1v) is 4.93. The molecule has 1 aromatic carbocycles. The molecular weight excluding hydrogens is 194 g/mol. The summed E-state index contributed by atoms with van der Waals surface area (Å²) in [7, 11) is 0. The molecule has 1 aliphatic carbocycles. The Morgan fingerprint density at radius 1 is 1.53 bits per heavy atom. The van der Waals surface area contributed by atoms with Gasteiger partial charge in [0.15, 0.2) is 0 Å². The molecule has 1 atom stereocenters. The highest BCUT2D eigenvalue weighted by Crippen LogP contribution is 2.36. The van der Waals surface area contributed by atoms with Gasteiger partial charge in [-0.1, -0.05) is 6.07 Å². The van der Waals surface area contributed by atoms with E-state index in [-0.39, 0.29) is 11.6 Å². The number of non-ortho nitro benzene ring substituents is 1. The van der Waals surface area contributed by atoms with E-state index < -0.39 is 4.92 Å². The zero-order valence-electron chi connectivity index (χ0n) is 8.18. The number of rotatable bonds is 3. The SMILES string of the molecule is O=CCC1CCc2ccc([N+](=O)[O-])cc21. The minimum Gasteiger partial charge on any atom is -0.303 e. The van der Waals surface area contributed by atoms with Crippen LogP contribution < -0.4 is 0 Å². The molecule has 0 N–H and O–H groups in total. The second-order valence-corrected chi connectivity index (χ2v) is 3.78. The molecule has 0 amide bonds. The summed E-state index contributed by atoms with van der Waals surface area (Å²) in [5, 5.41) is 10.6. The van der Waals surface area contributed by atoms with Crippen LogP contribution in [0.25, 0.3) is 0 Å². The van der Waals surface area contributed by atoms with Gasteiger partial charge in [0.25, 0.3) is 5.69 Å². The lowest BCUT2D eigenvalue weighted by atomic mass is 9.98. The predicted octanol–water partition coefficient (Wildman–Crippen LogP) is 2.21. The summed E-state index contributed by atoms with van der Waals surface area (Å²) in [6.45, 7) is 0. The van der Waals surface area contributed by atoms with Gasteiger partial charge in [0.1, 0.15) is 6.29 Å². The molecule has 0 saturated heterocycles. The molecule has 1 unspecified atom stereocenters. The molecule has 0 radical (unpaired) electrons. The second-order valence-electron chi connectivity index (χ2n) is 3.78. The van der Waals surface area contributed by atoms with Crippen molar-refractivity contribution in [2.45, 2.75) is 25.2 Å². The van der Waals surface area contributed by atoms with Gasteiger partial charge in [-0.2, -0.15) is 0 Å². The zero-order valence-corrected chi connectivity index (χ0v) is 8.18. The van der Waals surface area contributed by atoms with Crippen LogP contribution in [0.2, 0.25) is 0 Å². The molecule has 2 rings (SSSR count). The quantitative estimate of drug-likeness (QED) is 0.432. The van der Waals surface area contributed by atoms with Gasteiger partial charge in [0.05, 0.1) is 4.92 Å². The molecule has 15 heavy (non-hydrogen) atoms. The van der Waals surface area contributed by atoms with Crippen LogP contribution in [0.3, 0.4) is 0 Å². The first-order valence-electron chi connectivity index (χ1n) is 4.93. The number of carbonyl (C=O) groups excluding carboxylic acids is 1. The molecule has 0 spiro atoms. The van der Waals surface area contributed by atoms with Crippen molar-refractivity contribution in [1.29, 1.82) is 0 Å². The molecule has 78 valence electrons. The van der Waals surface area contributed by atoms with Gasteiger partial charge in [-0.25, -0.2) is 0 Å². The van der Waals surface area contributed by atoms with Crippen molar-refractivity contribution in [3.63, 3.8) is 0 Å². The van der Waals surface area contributed by atoms with Crippen LogP contribution >= 0.6 is 0 Å². The third kappa shape index (κ3) is 1.75. The van der Waals surface area contributed by atoms with Gasteiger partial charge in [-0.15, -0.1) is 0 Å². The maximum Gasteiger partial charge on any atom is 0.269 e. The Hall–Kier alpha value is -1.71. The summed E-state index contributed by atoms with van der Waals surface area (Å²) >= 11 is 0. The van der Waals surface area contributed by atoms with Crippen molar-refractivity contribution >= 4 is 12.0 Å². The van der Waals surface area contributed by atoms with Gasteiger partial charge in [0, 0.05) is 18.6 Å². The number of carbonyl (C=O) groups is 1. The number of fused-ring (bicyclic) bond motifs is 1. The van der Waals surface area contributed by atoms with E-state index in [1.165, 1.54) is 6.07 Å². The summed E-state index contributed by atoms with van der Waals surface area (Å²) in [4.78, 5) is 20.7. The monoisotopic (exact) mass is 205 g/mol. The maximum atomic E-state index is 10.6. The Balaban J connectivity index is 2.37. The Morgan fingerprint density at radius 2 is 2.33 bits per heavy atom. The number of aryl methyl sites for hydroxylation is 1. The van der Waals surface area contributed by atoms with Crippen molar-refractivity contribution in [2.75, 3.05) is 0 Å². The average Bonchev–Trinajstić information content (AvgIpc) is 2.61. The summed E-state index contributed by atoms with van der Waals surface area (Å²) in [6.07, 6.45) is 3.20. The Kier molecular flexibility index (Phi) is 2.49. The molecule has 0 fully saturated rings. The number of nitro benzene ring substituents is 1. The van der Waals surface area contributed by atoms with Crippen LogP contribution in [-0.4, -0.2) is 11.2 Å². The van der Waals surface area contributed by atoms with E-state index >= 15 is 0 Å². The third-order valence-electron chi connectivity index (χ3n) is 2.92. The van der Waals surface area contributed by atoms with Crippen molar-refractivity contribution < 1.29 is 9.72 Å². The van der Waals surface area contributed by atoms with Gasteiger partial charge in [0.2, 0.25) is 0 Å². The molecule has 0 aromatic heterocycles. The minimum atomic E-state index is -0.392. The summed E-state index contributed by atoms with van der Waals surface area (Å²) < 4.78 is 0. The summed E-state index contributed by atoms with van der Waals surface area (Å²) in [5.41, 5.74) is 2.25. The lowest BCUT2D eigenvalue weighted by molar-refractivity contribution is -0.384. The van der Waals surface area contributed by atoms with E-state index in [1.54, 1.807) is 12.1 Å². The van der Waals surface area contributed by atoms with Gasteiger partial charge < -0.3 is 4.79 Å². The standard InChI is InChI=1S/C11H11NO3/c13-6-5-9-2-1-8-3-4-10(12(14)15)7-11(8)9/h3-4,6-7,9H,1-2,5H2. The molecule has 1 aliphatic rings. The highest BCUT2D eigenvalue weighted by molar-refractivity contribution is 5.54. The van der Waals surface area contributed by atoms with E-state index in [1.807, 2.05) is 0 Å². The third-order valence-corrected chi connectivity index (χ3v) is 2.92. The minimum absolute atomic E-state index is 0.117. The largest absolute Gasteiger partial charge is 0.303 e. The highest BCUT2D eigenvalue weighted by Gasteiger charge is 2.24. The number of nitrogens with zero attached hydrogens (tertiary/aromatic N) is 1. The van der Waals surface area contributed by atoms with Crippen molar-refractivity contribution in [2.24, 2.45) is 0 Å². The normalized spacial score (nSPS) is 18.5. The number of aldehydes is 1. The van der Waals surface area contributed by atoms with Crippen molar-refractivity contribution in [1.82, 2.24) is 0 Å². The van der Waals surface area contributed by atoms with Crippen LogP contribution in [0.1, 0.15) is 29.9 Å². The summed E-state index contributed by atoms with van der Waals surface area (Å²) in [5.74, 6) is 0.178. The number of nitro groups is 1. The number of hydrogen-bond donors (Lipinski definition) is 0. The number of benzene rings is 1. The molecule has 0 heterocycles. The lowest BCUT2D eigenvalue weighted by Crippen LogP contribution is -1.96. The predicted molar refractivity (Wildman–Crippen MR) is 54.8 cm³/mol. The van der Waals surface area contributed by atoms with Gasteiger partial charge >= 0.3 is 0 Å². The molecule has 0 aliphatic heterocycles. The Labute approximate surface area is 87.1 Å². The van der Waals surface area contributed by atoms with E-state index in [4.69, 9.17) is 0 Å². The van der Waals surface area contributed by atoms with Gasteiger partial charge in [-0.3, -0.25) is 10.1 Å². The Bertz CT molecular complexity index is 414. The first kappa shape index (κ1) is 9.83. The number of hydrogen-bond acceptors (Lipinski definition) is 3. The lowest BCUT2D eigenvalue weighted by Gasteiger charge is -2.06. The van der Waals surface area contributed by atoms with E-state index in [2.05, 4.69) is 0 Å². The zero-order chi connectivity index (χ0) is 10.8. The van der Waals surface area contributed by atoms with E-state index in [0.29, 0.717) is 6.42 Å². The second kappa shape index (κ2) is 3.81. The smallest absolute Gasteiger partial charge is 0.269 e. The van der Waals surface area contributed by atoms with Crippen molar-refractivity contribution in [3.05, 3.63) is 39.4 Å². The fourth-order valence-electron chi connectivity index (χ4n) is 2.15. The van der Waals surface area contributed by atoms with Crippen LogP contribution in [0.4, 0.5) is 5.69 Å². The molecule has 0 bridgehead atoms. The van der Waals surface area contributed by atoms with Crippen LogP contribution in [0.5, 0.6) is 0 Å². The highest BCUT2D eigenvalue weighted by atomic mass is 16.6. The van der Waals surface area contributed by atoms with E-state index in [0.717, 1.165) is 30.3 Å². The average molecular weight is 205 g/mol. The van der Waals surface area contributed by atoms with Crippen LogP contribution in [0.15, 0.2) is 18.2 Å². The molecule has 0 saturated carbocycles. The van der Waals surface area contributed by atoms with Crippen molar-refractivity contribution in [3.8, 4) is 0 Å². The molecule has 1 aromatic rings. The first-order chi connectivity index (χ1) is 7.22. The van der Waals surface area contributed by atoms with Crippen LogP contribution in [0, 0.1) is 10.1 Å². The molecule has 4 nitrogen and oxygen atoms in total. The topological polar surface area (TPSA) is 60.2 Å². The Morgan fingerprint density at radius 3 is 3.00 bits per heavy atom. The fraction of sp³-hybridized carbons (Fsp3) is 0.364. The van der Waals surface area contributed by atoms with E-state index in [9.17, 15) is 14.9 Å². The van der Waals surface area contributed by atoms with Crippen LogP contribution in [-0.2, 0) is 11.2 Å². The summed E-state index contributed by atoms with van der Waals surface area (Å²) in [6, 6.07) is 4.94. The molecular formula is C11H11NO3. The fourth-order valence-corrected chi connectivity index (χ4v) is 2.15. The molecule has 4 heteroatoms. The van der Waals surface area contributed by atoms with Gasteiger partial charge in [-0.05, 0) is 29.9 Å².